The highest BCUT2D eigenvalue weighted by Gasteiger charge is 2.66. The molecule has 42 heavy (non-hydrogen) atoms. The highest BCUT2D eigenvalue weighted by atomic mass is 28.4. The second kappa shape index (κ2) is 13.4. The average Bonchev–Trinajstić information content (AvgIpc) is 3.45. The van der Waals surface area contributed by atoms with E-state index in [4.69, 9.17) is 28.1 Å². The summed E-state index contributed by atoms with van der Waals surface area (Å²) in [6, 6.07) is 13.5. The first-order valence-corrected chi connectivity index (χ1v) is 18.9. The third-order valence-electron chi connectivity index (χ3n) is 9.78. The first-order valence-electron chi connectivity index (χ1n) is 16.4. The number of rotatable bonds is 12. The zero-order chi connectivity index (χ0) is 30.7. The Balaban J connectivity index is 1.49. The predicted octanol–water partition coefficient (Wildman–Crippen LogP) is 7.91. The van der Waals surface area contributed by atoms with E-state index in [-0.39, 0.29) is 30.5 Å². The molecule has 3 aliphatic heterocycles. The Morgan fingerprint density at radius 1 is 1.02 bits per heavy atom. The van der Waals surface area contributed by atoms with Crippen LogP contribution in [0, 0.1) is 5.92 Å². The van der Waals surface area contributed by atoms with Crippen molar-refractivity contribution in [2.75, 3.05) is 6.61 Å². The lowest BCUT2D eigenvalue weighted by molar-refractivity contribution is -0.384. The molecule has 6 atom stereocenters. The summed E-state index contributed by atoms with van der Waals surface area (Å²) in [6.45, 7) is 18.1. The Morgan fingerprint density at radius 2 is 1.71 bits per heavy atom. The molecule has 4 rings (SSSR count). The summed E-state index contributed by atoms with van der Waals surface area (Å²) in [6.07, 6.45) is 4.73. The van der Waals surface area contributed by atoms with Crippen molar-refractivity contribution in [1.82, 2.24) is 0 Å². The first kappa shape index (κ1) is 33.6. The van der Waals surface area contributed by atoms with Gasteiger partial charge in [-0.2, -0.15) is 0 Å². The van der Waals surface area contributed by atoms with Crippen LogP contribution in [0.3, 0.4) is 0 Å². The summed E-state index contributed by atoms with van der Waals surface area (Å²) in [7, 11) is -1.97. The van der Waals surface area contributed by atoms with Crippen molar-refractivity contribution < 1.29 is 32.9 Å². The van der Waals surface area contributed by atoms with Gasteiger partial charge in [0.15, 0.2) is 19.9 Å². The van der Waals surface area contributed by atoms with Crippen LogP contribution >= 0.6 is 0 Å². The maximum atomic E-state index is 12.7. The number of ether oxygens (including phenoxy) is 5. The van der Waals surface area contributed by atoms with E-state index in [2.05, 4.69) is 46.8 Å². The van der Waals surface area contributed by atoms with Gasteiger partial charge < -0.3 is 28.1 Å². The van der Waals surface area contributed by atoms with Gasteiger partial charge in [0.1, 0.15) is 11.2 Å². The maximum Gasteiger partial charge on any atom is 0.308 e. The van der Waals surface area contributed by atoms with Crippen molar-refractivity contribution in [2.45, 2.75) is 160 Å². The summed E-state index contributed by atoms with van der Waals surface area (Å²) >= 11 is 0. The molecular formula is C34H56O7Si. The van der Waals surface area contributed by atoms with Gasteiger partial charge in [-0.1, -0.05) is 58.0 Å². The SMILES string of the molecule is CC[Si](CC)(CC)O[C@]1(C)CC[C@@H](CCOCc2ccccc2)O[C@@]12CC[C@]1(C[C@@H](C)[C@H](CC(=O)OC(C)(C)C)O1)O2. The molecule has 2 spiro atoms. The molecule has 0 amide bonds. The van der Waals surface area contributed by atoms with Gasteiger partial charge in [0.25, 0.3) is 0 Å². The number of esters is 1. The minimum Gasteiger partial charge on any atom is -0.460 e. The monoisotopic (exact) mass is 604 g/mol. The molecule has 0 aromatic heterocycles. The van der Waals surface area contributed by atoms with Crippen molar-refractivity contribution >= 4 is 14.3 Å². The molecule has 3 aliphatic rings. The lowest BCUT2D eigenvalue weighted by Crippen LogP contribution is -2.64. The van der Waals surface area contributed by atoms with E-state index in [1.165, 1.54) is 5.56 Å². The number of carbonyl (C=O) groups excluding carboxylic acids is 1. The molecule has 3 heterocycles. The van der Waals surface area contributed by atoms with E-state index in [0.717, 1.165) is 50.2 Å². The average molecular weight is 605 g/mol. The predicted molar refractivity (Wildman–Crippen MR) is 166 cm³/mol. The number of benzene rings is 1. The summed E-state index contributed by atoms with van der Waals surface area (Å²) in [5, 5.41) is 0. The van der Waals surface area contributed by atoms with E-state index < -0.39 is 31.1 Å². The lowest BCUT2D eigenvalue weighted by atomic mass is 9.83. The Morgan fingerprint density at radius 3 is 2.36 bits per heavy atom. The van der Waals surface area contributed by atoms with Gasteiger partial charge in [0.05, 0.1) is 25.2 Å². The first-order chi connectivity index (χ1) is 19.8. The third-order valence-corrected chi connectivity index (χ3v) is 14.5. The molecule has 7 nitrogen and oxygen atoms in total. The van der Waals surface area contributed by atoms with Crippen molar-refractivity contribution in [3.8, 4) is 0 Å². The topological polar surface area (TPSA) is 72.5 Å². The molecule has 0 saturated carbocycles. The lowest BCUT2D eigenvalue weighted by Gasteiger charge is -2.54. The van der Waals surface area contributed by atoms with Gasteiger partial charge in [0, 0.05) is 25.9 Å². The fourth-order valence-electron chi connectivity index (χ4n) is 7.13. The standard InChI is InChI=1S/C34H56O7Si/c1-9-42(10-2,11-3)41-32(8)19-17-28(18-22-36-25-27-15-13-12-14-16-27)37-34(32)21-20-33(40-34)24-26(4)29(38-33)23-30(35)39-31(5,6)7/h12-16,26,28-29H,9-11,17-25H2,1-8H3/t26-,28+,29+,32-,33-,34-/m1/s1. The van der Waals surface area contributed by atoms with Crippen LogP contribution in [0.25, 0.3) is 0 Å². The van der Waals surface area contributed by atoms with E-state index in [9.17, 15) is 4.79 Å². The van der Waals surface area contributed by atoms with Gasteiger partial charge in [0.2, 0.25) is 0 Å². The zero-order valence-corrected chi connectivity index (χ0v) is 28.5. The number of carbonyl (C=O) groups is 1. The fourth-order valence-corrected chi connectivity index (χ4v) is 10.3. The highest BCUT2D eigenvalue weighted by Crippen LogP contribution is 2.57. The van der Waals surface area contributed by atoms with Crippen LogP contribution in [0.5, 0.6) is 0 Å². The molecule has 3 fully saturated rings. The third kappa shape index (κ3) is 7.67. The number of hydrogen-bond acceptors (Lipinski definition) is 7. The number of hydrogen-bond donors (Lipinski definition) is 0. The molecule has 0 bridgehead atoms. The Bertz CT molecular complexity index is 1020. The van der Waals surface area contributed by atoms with Gasteiger partial charge in [-0.3, -0.25) is 4.79 Å². The largest absolute Gasteiger partial charge is 0.460 e. The van der Waals surface area contributed by atoms with Crippen LogP contribution in [0.15, 0.2) is 30.3 Å². The molecule has 238 valence electrons. The summed E-state index contributed by atoms with van der Waals surface area (Å²) in [5.41, 5.74) is 0.0874. The van der Waals surface area contributed by atoms with Crippen LogP contribution in [0.2, 0.25) is 18.1 Å². The van der Waals surface area contributed by atoms with Crippen LogP contribution in [0.4, 0.5) is 0 Å². The van der Waals surface area contributed by atoms with Crippen molar-refractivity contribution in [1.29, 1.82) is 0 Å². The minimum absolute atomic E-state index is 0.0185. The normalized spacial score (nSPS) is 33.5. The molecule has 1 aromatic rings. The quantitative estimate of drug-likeness (QED) is 0.136. The van der Waals surface area contributed by atoms with Crippen molar-refractivity contribution in [3.05, 3.63) is 35.9 Å². The minimum atomic E-state index is -1.97. The van der Waals surface area contributed by atoms with E-state index in [1.807, 2.05) is 39.0 Å². The molecule has 1 aromatic carbocycles. The van der Waals surface area contributed by atoms with E-state index in [1.54, 1.807) is 0 Å². The molecule has 0 radical (unpaired) electrons. The van der Waals surface area contributed by atoms with Crippen LogP contribution < -0.4 is 0 Å². The second-order valence-corrected chi connectivity index (χ2v) is 18.8. The Hall–Kier alpha value is -1.29. The van der Waals surface area contributed by atoms with Crippen LogP contribution in [0.1, 0.15) is 106 Å². The Labute approximate surface area is 255 Å². The molecular weight excluding hydrogens is 548 g/mol. The van der Waals surface area contributed by atoms with Crippen molar-refractivity contribution in [3.63, 3.8) is 0 Å². The fraction of sp³-hybridized carbons (Fsp3) is 0.794. The van der Waals surface area contributed by atoms with Gasteiger partial charge in [-0.05, 0) is 76.6 Å². The van der Waals surface area contributed by atoms with Crippen LogP contribution in [-0.2, 0) is 39.5 Å². The molecule has 0 unspecified atom stereocenters. The summed E-state index contributed by atoms with van der Waals surface area (Å²) in [4.78, 5) is 12.7. The van der Waals surface area contributed by atoms with Crippen LogP contribution in [-0.4, -0.2) is 55.9 Å². The molecule has 0 N–H and O–H groups in total. The zero-order valence-electron chi connectivity index (χ0n) is 27.5. The van der Waals surface area contributed by atoms with Crippen molar-refractivity contribution in [2.24, 2.45) is 5.92 Å². The second-order valence-electron chi connectivity index (χ2n) is 14.1. The highest BCUT2D eigenvalue weighted by molar-refractivity contribution is 6.73. The Kier molecular flexibility index (Phi) is 10.7. The summed E-state index contributed by atoms with van der Waals surface area (Å²) in [5.74, 6) is -1.74. The van der Waals surface area contributed by atoms with E-state index in [0.29, 0.717) is 19.6 Å². The van der Waals surface area contributed by atoms with Gasteiger partial charge in [-0.25, -0.2) is 0 Å². The van der Waals surface area contributed by atoms with E-state index >= 15 is 0 Å². The maximum absolute atomic E-state index is 12.7. The smallest absolute Gasteiger partial charge is 0.308 e. The molecule has 8 heteroatoms. The molecule has 0 aliphatic carbocycles. The van der Waals surface area contributed by atoms with Gasteiger partial charge in [-0.15, -0.1) is 0 Å². The molecule has 3 saturated heterocycles. The van der Waals surface area contributed by atoms with Gasteiger partial charge >= 0.3 is 5.97 Å². The summed E-state index contributed by atoms with van der Waals surface area (Å²) < 4.78 is 39.7.